The van der Waals surface area contributed by atoms with Crippen molar-refractivity contribution in [3.8, 4) is 5.75 Å². The predicted molar refractivity (Wildman–Crippen MR) is 109 cm³/mol. The van der Waals surface area contributed by atoms with Crippen molar-refractivity contribution < 1.29 is 19.1 Å². The molecule has 4 unspecified atom stereocenters. The lowest BCUT2D eigenvalue weighted by Gasteiger charge is -2.54. The zero-order chi connectivity index (χ0) is 20.8. The second-order valence-electron chi connectivity index (χ2n) is 9.23. The van der Waals surface area contributed by atoms with Crippen LogP contribution in [0.1, 0.15) is 76.3 Å². The summed E-state index contributed by atoms with van der Waals surface area (Å²) in [5.41, 5.74) is 2.14. The molecule has 0 radical (unpaired) electrons. The number of amides is 2. The van der Waals surface area contributed by atoms with Crippen LogP contribution in [0.2, 0.25) is 0 Å². The number of likely N-dealkylation sites (tertiary alicyclic amines) is 1. The highest BCUT2D eigenvalue weighted by molar-refractivity contribution is 6.01. The Morgan fingerprint density at radius 3 is 2.79 bits per heavy atom. The van der Waals surface area contributed by atoms with Gasteiger partial charge in [0.05, 0.1) is 5.41 Å². The molecule has 0 bridgehead atoms. The monoisotopic (exact) mass is 397 g/mol. The molecule has 5 nitrogen and oxygen atoms in total. The fourth-order valence-electron chi connectivity index (χ4n) is 6.01. The average molecular weight is 398 g/mol. The summed E-state index contributed by atoms with van der Waals surface area (Å²) >= 11 is 0. The molecular formula is C24H31NO4. The van der Waals surface area contributed by atoms with Crippen LogP contribution in [0.15, 0.2) is 18.2 Å². The molecule has 2 fully saturated rings. The Morgan fingerprint density at radius 2 is 2.07 bits per heavy atom. The van der Waals surface area contributed by atoms with Gasteiger partial charge in [0.2, 0.25) is 11.8 Å². The van der Waals surface area contributed by atoms with Gasteiger partial charge in [0.15, 0.2) is 0 Å². The molecule has 1 aromatic rings. The summed E-state index contributed by atoms with van der Waals surface area (Å²) in [5.74, 6) is 1.24. The van der Waals surface area contributed by atoms with Gasteiger partial charge in [-0.05, 0) is 73.1 Å². The number of nitrogens with zero attached hydrogens (tertiary/aromatic N) is 1. The van der Waals surface area contributed by atoms with Crippen molar-refractivity contribution in [3.63, 3.8) is 0 Å². The number of esters is 1. The second kappa shape index (κ2) is 7.58. The van der Waals surface area contributed by atoms with Crippen LogP contribution >= 0.6 is 0 Å². The minimum absolute atomic E-state index is 0.0163. The van der Waals surface area contributed by atoms with E-state index in [9.17, 15) is 14.4 Å². The third-order valence-corrected chi connectivity index (χ3v) is 7.51. The molecule has 0 aromatic heterocycles. The van der Waals surface area contributed by atoms with Crippen LogP contribution < -0.4 is 4.74 Å². The first-order valence-electron chi connectivity index (χ1n) is 11.0. The Balaban J connectivity index is 1.60. The number of imide groups is 1. The SMILES string of the molecule is CCCCN1C(=O)CC2C3CCc4cc(OC(C)=O)ccc4C3CCC2(C)C1=O. The molecule has 2 amide bonds. The van der Waals surface area contributed by atoms with E-state index in [0.29, 0.717) is 30.6 Å². The van der Waals surface area contributed by atoms with Crippen molar-refractivity contribution >= 4 is 17.8 Å². The van der Waals surface area contributed by atoms with Gasteiger partial charge in [-0.2, -0.15) is 0 Å². The van der Waals surface area contributed by atoms with Gasteiger partial charge in [-0.15, -0.1) is 0 Å². The van der Waals surface area contributed by atoms with Gasteiger partial charge in [0, 0.05) is 19.9 Å². The van der Waals surface area contributed by atoms with E-state index in [0.717, 1.165) is 38.5 Å². The molecule has 2 aliphatic carbocycles. The quantitative estimate of drug-likeness (QED) is 0.433. The number of rotatable bonds is 4. The van der Waals surface area contributed by atoms with Crippen molar-refractivity contribution in [2.75, 3.05) is 6.54 Å². The number of fused-ring (bicyclic) bond motifs is 5. The first-order valence-corrected chi connectivity index (χ1v) is 11.0. The second-order valence-corrected chi connectivity index (χ2v) is 9.23. The van der Waals surface area contributed by atoms with Gasteiger partial charge < -0.3 is 4.74 Å². The largest absolute Gasteiger partial charge is 0.427 e. The Labute approximate surface area is 172 Å². The van der Waals surface area contributed by atoms with Gasteiger partial charge in [-0.25, -0.2) is 0 Å². The zero-order valence-corrected chi connectivity index (χ0v) is 17.7. The lowest BCUT2D eigenvalue weighted by Crippen LogP contribution is -2.59. The lowest BCUT2D eigenvalue weighted by molar-refractivity contribution is -0.167. The molecule has 156 valence electrons. The van der Waals surface area contributed by atoms with E-state index in [1.54, 1.807) is 4.90 Å². The first kappa shape index (κ1) is 20.1. The summed E-state index contributed by atoms with van der Waals surface area (Å²) in [6.07, 6.45) is 6.04. The van der Waals surface area contributed by atoms with Crippen LogP contribution in [-0.4, -0.2) is 29.2 Å². The number of hydrogen-bond acceptors (Lipinski definition) is 4. The summed E-state index contributed by atoms with van der Waals surface area (Å²) < 4.78 is 5.26. The molecule has 1 aliphatic heterocycles. The van der Waals surface area contributed by atoms with Crippen LogP contribution in [0.4, 0.5) is 0 Å². The minimum Gasteiger partial charge on any atom is -0.427 e. The van der Waals surface area contributed by atoms with Crippen molar-refractivity contribution in [1.29, 1.82) is 0 Å². The van der Waals surface area contributed by atoms with Gasteiger partial charge in [-0.1, -0.05) is 26.3 Å². The number of unbranched alkanes of at least 4 members (excludes halogenated alkanes) is 1. The molecule has 4 atom stereocenters. The van der Waals surface area contributed by atoms with E-state index in [4.69, 9.17) is 4.74 Å². The fraction of sp³-hybridized carbons (Fsp3) is 0.625. The highest BCUT2D eigenvalue weighted by Gasteiger charge is 2.57. The van der Waals surface area contributed by atoms with E-state index in [1.807, 2.05) is 12.1 Å². The number of hydrogen-bond donors (Lipinski definition) is 0. The van der Waals surface area contributed by atoms with Gasteiger partial charge in [0.25, 0.3) is 0 Å². The summed E-state index contributed by atoms with van der Waals surface area (Å²) in [4.78, 5) is 39.0. The van der Waals surface area contributed by atoms with E-state index in [2.05, 4.69) is 19.9 Å². The molecule has 1 heterocycles. The maximum absolute atomic E-state index is 13.3. The summed E-state index contributed by atoms with van der Waals surface area (Å²) in [6, 6.07) is 5.96. The number of benzene rings is 1. The molecule has 5 heteroatoms. The molecule has 4 rings (SSSR count). The standard InChI is InChI=1S/C24H31NO4/c1-4-5-12-25-22(27)14-21-20-8-6-16-13-17(29-15(2)26)7-9-18(16)19(20)10-11-24(21,3)23(25)28/h7,9,13,19-21H,4-6,8,10-12,14H2,1-3H3. The third kappa shape index (κ3) is 3.38. The number of carbonyl (C=O) groups excluding carboxylic acids is 3. The van der Waals surface area contributed by atoms with E-state index in [1.165, 1.54) is 18.1 Å². The highest BCUT2D eigenvalue weighted by Crippen LogP contribution is 2.58. The molecular weight excluding hydrogens is 366 g/mol. The van der Waals surface area contributed by atoms with E-state index >= 15 is 0 Å². The van der Waals surface area contributed by atoms with Crippen molar-refractivity contribution in [1.82, 2.24) is 4.90 Å². The molecule has 29 heavy (non-hydrogen) atoms. The smallest absolute Gasteiger partial charge is 0.308 e. The molecule has 1 aromatic carbocycles. The van der Waals surface area contributed by atoms with Crippen LogP contribution in [0.3, 0.4) is 0 Å². The minimum atomic E-state index is -0.419. The Bertz CT molecular complexity index is 847. The first-order chi connectivity index (χ1) is 13.8. The number of carbonyl (C=O) groups is 3. The number of piperidine rings is 1. The van der Waals surface area contributed by atoms with Crippen molar-refractivity contribution in [2.24, 2.45) is 17.3 Å². The van der Waals surface area contributed by atoms with Gasteiger partial charge >= 0.3 is 5.97 Å². The topological polar surface area (TPSA) is 63.7 Å². The highest BCUT2D eigenvalue weighted by atomic mass is 16.5. The maximum Gasteiger partial charge on any atom is 0.308 e. The third-order valence-electron chi connectivity index (χ3n) is 7.51. The summed E-state index contributed by atoms with van der Waals surface area (Å²) in [7, 11) is 0. The van der Waals surface area contributed by atoms with Crippen LogP contribution in [0, 0.1) is 17.3 Å². The Hall–Kier alpha value is -2.17. The molecule has 0 spiro atoms. The Kier molecular flexibility index (Phi) is 5.26. The van der Waals surface area contributed by atoms with Gasteiger partial charge in [0.1, 0.15) is 5.75 Å². The number of aryl methyl sites for hydroxylation is 1. The maximum atomic E-state index is 13.3. The predicted octanol–water partition coefficient (Wildman–Crippen LogP) is 4.23. The van der Waals surface area contributed by atoms with Crippen LogP contribution in [0.25, 0.3) is 0 Å². The lowest BCUT2D eigenvalue weighted by atomic mass is 9.52. The van der Waals surface area contributed by atoms with Crippen LogP contribution in [0.5, 0.6) is 5.75 Å². The zero-order valence-electron chi connectivity index (χ0n) is 17.7. The van der Waals surface area contributed by atoms with E-state index < -0.39 is 5.41 Å². The normalized spacial score (nSPS) is 31.0. The van der Waals surface area contributed by atoms with Gasteiger partial charge in [-0.3, -0.25) is 19.3 Å². The van der Waals surface area contributed by atoms with Crippen molar-refractivity contribution in [3.05, 3.63) is 29.3 Å². The van der Waals surface area contributed by atoms with Crippen molar-refractivity contribution in [2.45, 2.75) is 71.6 Å². The number of ether oxygens (including phenoxy) is 1. The summed E-state index contributed by atoms with van der Waals surface area (Å²) in [5, 5.41) is 0. The van der Waals surface area contributed by atoms with E-state index in [-0.39, 0.29) is 23.7 Å². The molecule has 1 saturated heterocycles. The summed E-state index contributed by atoms with van der Waals surface area (Å²) in [6.45, 7) is 6.16. The average Bonchev–Trinajstić information content (AvgIpc) is 2.68. The molecule has 0 N–H and O–H groups in total. The fourth-order valence-corrected chi connectivity index (χ4v) is 6.01. The van der Waals surface area contributed by atoms with Crippen LogP contribution in [-0.2, 0) is 20.8 Å². The molecule has 1 saturated carbocycles. The molecule has 3 aliphatic rings. The Morgan fingerprint density at radius 1 is 1.28 bits per heavy atom.